The van der Waals surface area contributed by atoms with Crippen LogP contribution in [-0.2, 0) is 0 Å². The van der Waals surface area contributed by atoms with Gasteiger partial charge in [0, 0.05) is 18.0 Å². The molecule has 4 aromatic rings. The van der Waals surface area contributed by atoms with Crippen molar-refractivity contribution in [3.05, 3.63) is 78.5 Å². The first-order valence-electron chi connectivity index (χ1n) is 7.89. The molecule has 0 aliphatic carbocycles. The largest absolute Gasteiger partial charge is 0.368 e. The van der Waals surface area contributed by atoms with E-state index < -0.39 is 0 Å². The Morgan fingerprint density at radius 2 is 1.88 bits per heavy atom. The maximum Gasteiger partial charge on any atom is 0.221 e. The Morgan fingerprint density at radius 1 is 1.00 bits per heavy atom. The fourth-order valence-electron chi connectivity index (χ4n) is 2.54. The average molecular weight is 338 g/mol. The van der Waals surface area contributed by atoms with Crippen molar-refractivity contribution in [1.82, 2.24) is 24.5 Å². The third-order valence-corrected chi connectivity index (χ3v) is 3.81. The topological polar surface area (TPSA) is 82.5 Å². The van der Waals surface area contributed by atoms with E-state index in [4.69, 9.17) is 5.73 Å². The summed E-state index contributed by atoms with van der Waals surface area (Å²) in [5, 5.41) is 0. The van der Waals surface area contributed by atoms with Crippen LogP contribution in [0.5, 0.6) is 0 Å². The highest BCUT2D eigenvalue weighted by Gasteiger charge is 2.07. The first-order valence-corrected chi connectivity index (χ1v) is 7.89. The molecular formula is C20H14N6. The monoisotopic (exact) mass is 338 g/mol. The van der Waals surface area contributed by atoms with Crippen LogP contribution in [-0.4, -0.2) is 24.5 Å². The third-order valence-electron chi connectivity index (χ3n) is 3.81. The number of aromatic nitrogens is 5. The molecule has 26 heavy (non-hydrogen) atoms. The van der Waals surface area contributed by atoms with Gasteiger partial charge in [0.1, 0.15) is 17.8 Å². The van der Waals surface area contributed by atoms with Crippen molar-refractivity contribution < 1.29 is 0 Å². The van der Waals surface area contributed by atoms with E-state index in [2.05, 4.69) is 38.4 Å². The Morgan fingerprint density at radius 3 is 2.73 bits per heavy atom. The summed E-state index contributed by atoms with van der Waals surface area (Å²) in [6.45, 7) is 3.76. The Balaban J connectivity index is 1.75. The molecule has 124 valence electrons. The number of hydrogen-bond donors (Lipinski definition) is 1. The Hall–Kier alpha value is -3.98. The molecule has 2 N–H and O–H groups in total. The van der Waals surface area contributed by atoms with Crippen molar-refractivity contribution in [3.63, 3.8) is 0 Å². The molecule has 0 saturated carbocycles. The minimum Gasteiger partial charge on any atom is -0.368 e. The minimum atomic E-state index is 0.216. The fourth-order valence-corrected chi connectivity index (χ4v) is 2.54. The van der Waals surface area contributed by atoms with Crippen LogP contribution in [0.2, 0.25) is 0 Å². The lowest BCUT2D eigenvalue weighted by atomic mass is 10.2. The second-order valence-corrected chi connectivity index (χ2v) is 5.52. The number of nitrogen functional groups attached to an aromatic ring is 1. The van der Waals surface area contributed by atoms with E-state index in [0.29, 0.717) is 11.5 Å². The molecule has 1 aromatic carbocycles. The van der Waals surface area contributed by atoms with Gasteiger partial charge in [0.2, 0.25) is 5.95 Å². The van der Waals surface area contributed by atoms with Crippen LogP contribution >= 0.6 is 0 Å². The van der Waals surface area contributed by atoms with Crippen LogP contribution in [0.1, 0.15) is 16.8 Å². The summed E-state index contributed by atoms with van der Waals surface area (Å²) in [5.41, 5.74) is 9.95. The number of hydrogen-bond acceptors (Lipinski definition) is 5. The number of nitrogens with zero attached hydrogens (tertiary/aromatic N) is 5. The maximum absolute atomic E-state index is 5.68. The maximum atomic E-state index is 5.68. The van der Waals surface area contributed by atoms with E-state index >= 15 is 0 Å². The van der Waals surface area contributed by atoms with Crippen molar-refractivity contribution in [2.75, 3.05) is 5.73 Å². The van der Waals surface area contributed by atoms with Crippen LogP contribution < -0.4 is 5.73 Å². The van der Waals surface area contributed by atoms with Crippen LogP contribution in [0.15, 0.2) is 61.7 Å². The summed E-state index contributed by atoms with van der Waals surface area (Å²) < 4.78 is 1.86. The number of benzene rings is 1. The number of imidazole rings is 1. The smallest absolute Gasteiger partial charge is 0.221 e. The Bertz CT molecular complexity index is 1180. The van der Waals surface area contributed by atoms with E-state index in [9.17, 15) is 0 Å². The highest BCUT2D eigenvalue weighted by molar-refractivity contribution is 5.79. The summed E-state index contributed by atoms with van der Waals surface area (Å²) in [6.07, 6.45) is 6.81. The molecule has 0 spiro atoms. The number of anilines is 1. The number of fused-ring (bicyclic) bond motifs is 1. The van der Waals surface area contributed by atoms with E-state index in [0.717, 1.165) is 22.2 Å². The van der Waals surface area contributed by atoms with Gasteiger partial charge in [-0.3, -0.25) is 4.57 Å². The SMILES string of the molecule is C=Cc1ccnc(C#Cc2ccc3ncn(-c4ccnc(N)n4)c3c2)c1. The van der Waals surface area contributed by atoms with Gasteiger partial charge < -0.3 is 5.73 Å². The zero-order valence-corrected chi connectivity index (χ0v) is 13.8. The van der Waals surface area contributed by atoms with Gasteiger partial charge in [0.25, 0.3) is 0 Å². The van der Waals surface area contributed by atoms with Crippen molar-refractivity contribution >= 4 is 23.1 Å². The van der Waals surface area contributed by atoms with Gasteiger partial charge in [-0.25, -0.2) is 15.0 Å². The van der Waals surface area contributed by atoms with Gasteiger partial charge in [-0.15, -0.1) is 0 Å². The summed E-state index contributed by atoms with van der Waals surface area (Å²) in [5.74, 6) is 7.09. The lowest BCUT2D eigenvalue weighted by Crippen LogP contribution is -2.01. The van der Waals surface area contributed by atoms with Crippen LogP contribution in [0.25, 0.3) is 22.9 Å². The molecule has 0 radical (unpaired) electrons. The molecule has 0 amide bonds. The van der Waals surface area contributed by atoms with E-state index in [-0.39, 0.29) is 5.95 Å². The van der Waals surface area contributed by atoms with Crippen molar-refractivity contribution in [3.8, 4) is 17.7 Å². The third kappa shape index (κ3) is 3.01. The van der Waals surface area contributed by atoms with Gasteiger partial charge in [-0.1, -0.05) is 18.6 Å². The number of pyridine rings is 1. The molecule has 0 bridgehead atoms. The van der Waals surface area contributed by atoms with E-state index in [1.807, 2.05) is 34.9 Å². The normalized spacial score (nSPS) is 10.3. The number of nitrogens with two attached hydrogens (primary N) is 1. The molecule has 0 saturated heterocycles. The highest BCUT2D eigenvalue weighted by Crippen LogP contribution is 2.18. The molecule has 0 unspecified atom stereocenters. The second-order valence-electron chi connectivity index (χ2n) is 5.52. The van der Waals surface area contributed by atoms with E-state index in [1.165, 1.54) is 0 Å². The second kappa shape index (κ2) is 6.49. The molecule has 0 atom stereocenters. The first-order chi connectivity index (χ1) is 12.7. The fraction of sp³-hybridized carbons (Fsp3) is 0. The predicted molar refractivity (Wildman–Crippen MR) is 101 cm³/mol. The molecule has 3 aromatic heterocycles. The highest BCUT2D eigenvalue weighted by atomic mass is 15.1. The van der Waals surface area contributed by atoms with Crippen molar-refractivity contribution in [2.45, 2.75) is 0 Å². The Kier molecular flexibility index (Phi) is 3.88. The summed E-state index contributed by atoms with van der Waals surface area (Å²) in [4.78, 5) is 16.8. The summed E-state index contributed by atoms with van der Waals surface area (Å²) in [7, 11) is 0. The summed E-state index contributed by atoms with van der Waals surface area (Å²) >= 11 is 0. The van der Waals surface area contributed by atoms with Crippen LogP contribution in [0.3, 0.4) is 0 Å². The standard InChI is InChI=1S/C20H14N6/c1-2-14-7-9-22-16(11-14)5-3-15-4-6-17-18(12-15)26(13-24-17)19-8-10-23-20(21)25-19/h2,4,6-13H,1H2,(H2,21,23,25). The van der Waals surface area contributed by atoms with Gasteiger partial charge in [0.05, 0.1) is 11.0 Å². The molecule has 0 aliphatic heterocycles. The molecule has 3 heterocycles. The first kappa shape index (κ1) is 15.5. The number of rotatable bonds is 2. The van der Waals surface area contributed by atoms with Gasteiger partial charge >= 0.3 is 0 Å². The predicted octanol–water partition coefficient (Wildman–Crippen LogP) is 2.84. The van der Waals surface area contributed by atoms with Gasteiger partial charge in [0.15, 0.2) is 0 Å². The van der Waals surface area contributed by atoms with Crippen molar-refractivity contribution in [1.29, 1.82) is 0 Å². The molecule has 6 heteroatoms. The van der Waals surface area contributed by atoms with E-state index in [1.54, 1.807) is 30.9 Å². The average Bonchev–Trinajstić information content (AvgIpc) is 3.10. The summed E-state index contributed by atoms with van der Waals surface area (Å²) in [6, 6.07) is 11.4. The molecular weight excluding hydrogens is 324 g/mol. The van der Waals surface area contributed by atoms with Crippen molar-refractivity contribution in [2.24, 2.45) is 0 Å². The van der Waals surface area contributed by atoms with Gasteiger partial charge in [-0.05, 0) is 47.9 Å². The van der Waals surface area contributed by atoms with Gasteiger partial charge in [-0.2, -0.15) is 4.98 Å². The lowest BCUT2D eigenvalue weighted by molar-refractivity contribution is 1.00. The Labute approximate surface area is 150 Å². The zero-order valence-electron chi connectivity index (χ0n) is 13.8. The lowest BCUT2D eigenvalue weighted by Gasteiger charge is -2.03. The molecule has 4 rings (SSSR count). The van der Waals surface area contributed by atoms with Crippen LogP contribution in [0.4, 0.5) is 5.95 Å². The quantitative estimate of drug-likeness (QED) is 0.568. The molecule has 0 aliphatic rings. The molecule has 0 fully saturated rings. The zero-order chi connectivity index (χ0) is 17.9. The van der Waals surface area contributed by atoms with Crippen LogP contribution in [0, 0.1) is 11.8 Å². The molecule has 6 nitrogen and oxygen atoms in total. The minimum absolute atomic E-state index is 0.216.